The van der Waals surface area contributed by atoms with Crippen molar-refractivity contribution in [2.75, 3.05) is 5.32 Å². The molecule has 0 aliphatic heterocycles. The molecule has 0 heterocycles. The SMILES string of the molecule is CC[C@@H](NC(=O)OC(C)(C)C)C(=O)Nc1ccccc1. The summed E-state index contributed by atoms with van der Waals surface area (Å²) in [6.07, 6.45) is -0.106. The molecule has 0 spiro atoms. The fourth-order valence-electron chi connectivity index (χ4n) is 1.55. The number of anilines is 1. The van der Waals surface area contributed by atoms with Crippen LogP contribution >= 0.6 is 0 Å². The number of nitrogens with one attached hydrogen (secondary N) is 2. The number of alkyl carbamates (subject to hydrolysis) is 1. The van der Waals surface area contributed by atoms with Gasteiger partial charge in [0.25, 0.3) is 0 Å². The van der Waals surface area contributed by atoms with Crippen molar-refractivity contribution in [1.29, 1.82) is 0 Å². The van der Waals surface area contributed by atoms with Crippen molar-refractivity contribution in [3.8, 4) is 0 Å². The highest BCUT2D eigenvalue weighted by molar-refractivity contribution is 5.96. The Morgan fingerprint density at radius 1 is 1.20 bits per heavy atom. The second kappa shape index (κ2) is 6.93. The minimum absolute atomic E-state index is 0.260. The van der Waals surface area contributed by atoms with Crippen LogP contribution in [-0.4, -0.2) is 23.6 Å². The Kier molecular flexibility index (Phi) is 5.55. The molecule has 0 saturated carbocycles. The Bertz CT molecular complexity index is 452. The smallest absolute Gasteiger partial charge is 0.408 e. The number of carbonyl (C=O) groups is 2. The number of amides is 2. The number of hydrogen-bond donors (Lipinski definition) is 2. The number of rotatable bonds is 4. The maximum absolute atomic E-state index is 12.1. The van der Waals surface area contributed by atoms with Gasteiger partial charge in [-0.1, -0.05) is 25.1 Å². The first-order valence-corrected chi connectivity index (χ1v) is 6.67. The van der Waals surface area contributed by atoms with Crippen LogP contribution in [0.4, 0.5) is 10.5 Å². The van der Waals surface area contributed by atoms with Crippen molar-refractivity contribution in [3.05, 3.63) is 30.3 Å². The van der Waals surface area contributed by atoms with Crippen LogP contribution in [0.2, 0.25) is 0 Å². The van der Waals surface area contributed by atoms with Gasteiger partial charge in [-0.3, -0.25) is 4.79 Å². The number of para-hydroxylation sites is 1. The van der Waals surface area contributed by atoms with Gasteiger partial charge in [0.15, 0.2) is 0 Å². The summed E-state index contributed by atoms with van der Waals surface area (Å²) >= 11 is 0. The average molecular weight is 278 g/mol. The van der Waals surface area contributed by atoms with Crippen LogP contribution in [-0.2, 0) is 9.53 Å². The second-order valence-electron chi connectivity index (χ2n) is 5.46. The fourth-order valence-corrected chi connectivity index (χ4v) is 1.55. The number of carbonyl (C=O) groups excluding carboxylic acids is 2. The lowest BCUT2D eigenvalue weighted by molar-refractivity contribution is -0.118. The molecule has 1 atom stereocenters. The van der Waals surface area contributed by atoms with E-state index in [9.17, 15) is 9.59 Å². The highest BCUT2D eigenvalue weighted by atomic mass is 16.6. The van der Waals surface area contributed by atoms with Crippen LogP contribution in [0, 0.1) is 0 Å². The number of hydrogen-bond acceptors (Lipinski definition) is 3. The first kappa shape index (κ1) is 16.0. The van der Waals surface area contributed by atoms with Gasteiger partial charge in [-0.15, -0.1) is 0 Å². The lowest BCUT2D eigenvalue weighted by Crippen LogP contribution is -2.45. The molecule has 5 heteroatoms. The predicted molar refractivity (Wildman–Crippen MR) is 78.5 cm³/mol. The van der Waals surface area contributed by atoms with E-state index in [0.717, 1.165) is 0 Å². The highest BCUT2D eigenvalue weighted by Crippen LogP contribution is 2.09. The molecule has 0 saturated heterocycles. The molecule has 1 rings (SSSR count). The summed E-state index contributed by atoms with van der Waals surface area (Å²) in [5.41, 5.74) is 0.111. The van der Waals surface area contributed by atoms with E-state index >= 15 is 0 Å². The molecule has 0 aromatic heterocycles. The lowest BCUT2D eigenvalue weighted by atomic mass is 10.2. The summed E-state index contributed by atoms with van der Waals surface area (Å²) in [5.74, 6) is -0.260. The number of ether oxygens (including phenoxy) is 1. The van der Waals surface area contributed by atoms with Crippen LogP contribution in [0.5, 0.6) is 0 Å². The summed E-state index contributed by atoms with van der Waals surface area (Å²) < 4.78 is 5.14. The first-order valence-electron chi connectivity index (χ1n) is 6.67. The Morgan fingerprint density at radius 3 is 2.30 bits per heavy atom. The van der Waals surface area contributed by atoms with Gasteiger partial charge in [0.2, 0.25) is 5.91 Å². The maximum Gasteiger partial charge on any atom is 0.408 e. The van der Waals surface area contributed by atoms with Gasteiger partial charge in [0.1, 0.15) is 11.6 Å². The molecule has 110 valence electrons. The molecule has 5 nitrogen and oxygen atoms in total. The minimum atomic E-state index is -0.620. The van der Waals surface area contributed by atoms with E-state index in [1.165, 1.54) is 0 Å². The first-order chi connectivity index (χ1) is 9.31. The summed E-state index contributed by atoms with van der Waals surface area (Å²) in [5, 5.41) is 5.32. The van der Waals surface area contributed by atoms with Gasteiger partial charge < -0.3 is 15.4 Å². The van der Waals surface area contributed by atoms with Gasteiger partial charge in [-0.25, -0.2) is 4.79 Å². The summed E-state index contributed by atoms with van der Waals surface area (Å²) in [6, 6.07) is 8.49. The van der Waals surface area contributed by atoms with E-state index in [2.05, 4.69) is 10.6 Å². The largest absolute Gasteiger partial charge is 0.444 e. The van der Waals surface area contributed by atoms with Crippen LogP contribution in [0.3, 0.4) is 0 Å². The zero-order chi connectivity index (χ0) is 15.2. The van der Waals surface area contributed by atoms with Gasteiger partial charge in [0, 0.05) is 5.69 Å². The predicted octanol–water partition coefficient (Wildman–Crippen LogP) is 2.93. The van der Waals surface area contributed by atoms with E-state index in [1.807, 2.05) is 25.1 Å². The Labute approximate surface area is 119 Å². The standard InChI is InChI=1S/C15H22N2O3/c1-5-12(17-14(19)20-15(2,3)4)13(18)16-11-9-7-6-8-10-11/h6-10,12H,5H2,1-4H3,(H,16,18)(H,17,19)/t12-/m1/s1. The highest BCUT2D eigenvalue weighted by Gasteiger charge is 2.22. The molecule has 0 fully saturated rings. The molecule has 0 radical (unpaired) electrons. The van der Waals surface area contributed by atoms with Crippen LogP contribution in [0.25, 0.3) is 0 Å². The maximum atomic E-state index is 12.1. The van der Waals surface area contributed by atoms with Crippen molar-refractivity contribution in [2.24, 2.45) is 0 Å². The Hall–Kier alpha value is -2.04. The van der Waals surface area contributed by atoms with E-state index in [1.54, 1.807) is 32.9 Å². The van der Waals surface area contributed by atoms with E-state index in [0.29, 0.717) is 12.1 Å². The molecule has 1 aromatic rings. The molecule has 2 amide bonds. The van der Waals surface area contributed by atoms with Crippen molar-refractivity contribution in [3.63, 3.8) is 0 Å². The Morgan fingerprint density at radius 2 is 1.80 bits per heavy atom. The molecular formula is C15H22N2O3. The number of benzene rings is 1. The lowest BCUT2D eigenvalue weighted by Gasteiger charge is -2.22. The molecule has 0 aliphatic rings. The van der Waals surface area contributed by atoms with Crippen molar-refractivity contribution in [2.45, 2.75) is 45.8 Å². The van der Waals surface area contributed by atoms with Gasteiger partial charge >= 0.3 is 6.09 Å². The van der Waals surface area contributed by atoms with Crippen LogP contribution < -0.4 is 10.6 Å². The van der Waals surface area contributed by atoms with Gasteiger partial charge in [0.05, 0.1) is 0 Å². The molecule has 0 aliphatic carbocycles. The van der Waals surface area contributed by atoms with E-state index < -0.39 is 17.7 Å². The van der Waals surface area contributed by atoms with Gasteiger partial charge in [-0.05, 0) is 39.3 Å². The molecule has 20 heavy (non-hydrogen) atoms. The monoisotopic (exact) mass is 278 g/mol. The fraction of sp³-hybridized carbons (Fsp3) is 0.467. The second-order valence-corrected chi connectivity index (χ2v) is 5.46. The van der Waals surface area contributed by atoms with Crippen molar-refractivity contribution >= 4 is 17.7 Å². The van der Waals surface area contributed by atoms with Crippen molar-refractivity contribution in [1.82, 2.24) is 5.32 Å². The average Bonchev–Trinajstić information content (AvgIpc) is 2.35. The minimum Gasteiger partial charge on any atom is -0.444 e. The third kappa shape index (κ3) is 5.73. The summed E-state index contributed by atoms with van der Waals surface area (Å²) in [7, 11) is 0. The summed E-state index contributed by atoms with van der Waals surface area (Å²) in [4.78, 5) is 23.7. The topological polar surface area (TPSA) is 67.4 Å². The van der Waals surface area contributed by atoms with Crippen LogP contribution in [0.15, 0.2) is 30.3 Å². The summed E-state index contributed by atoms with van der Waals surface area (Å²) in [6.45, 7) is 7.15. The van der Waals surface area contributed by atoms with E-state index in [-0.39, 0.29) is 5.91 Å². The molecule has 2 N–H and O–H groups in total. The zero-order valence-corrected chi connectivity index (χ0v) is 12.4. The third-order valence-corrected chi connectivity index (χ3v) is 2.46. The molecule has 1 aromatic carbocycles. The van der Waals surface area contributed by atoms with E-state index in [4.69, 9.17) is 4.74 Å². The quantitative estimate of drug-likeness (QED) is 0.889. The third-order valence-electron chi connectivity index (χ3n) is 2.46. The molecule has 0 unspecified atom stereocenters. The molecular weight excluding hydrogens is 256 g/mol. The van der Waals surface area contributed by atoms with Gasteiger partial charge in [-0.2, -0.15) is 0 Å². The normalized spacial score (nSPS) is 12.4. The molecule has 0 bridgehead atoms. The van der Waals surface area contributed by atoms with Crippen LogP contribution in [0.1, 0.15) is 34.1 Å². The van der Waals surface area contributed by atoms with Crippen molar-refractivity contribution < 1.29 is 14.3 Å². The zero-order valence-electron chi connectivity index (χ0n) is 12.4. The Balaban J connectivity index is 2.57.